The summed E-state index contributed by atoms with van der Waals surface area (Å²) in [6, 6.07) is 0. The van der Waals surface area contributed by atoms with Crippen molar-refractivity contribution in [2.24, 2.45) is 0 Å². The average Bonchev–Trinajstić information content (AvgIpc) is 2.40. The Hall–Kier alpha value is -0.520. The maximum Gasteiger partial charge on any atom is 0.160 e. The fourth-order valence-corrected chi connectivity index (χ4v) is 2.81. The number of nitrogens with zero attached hydrogens (tertiary/aromatic N) is 2. The first-order chi connectivity index (χ1) is 8.72. The van der Waals surface area contributed by atoms with E-state index in [1.807, 2.05) is 20.0 Å². The molecule has 1 aliphatic heterocycles. The topological polar surface area (TPSA) is 44.2 Å². The minimum Gasteiger partial charge on any atom is -0.381 e. The van der Waals surface area contributed by atoms with Crippen LogP contribution in [0.4, 0.5) is 0 Å². The number of aromatic nitrogens is 2. The van der Waals surface area contributed by atoms with Gasteiger partial charge in [0.1, 0.15) is 5.60 Å². The van der Waals surface area contributed by atoms with Crippen LogP contribution < -0.4 is 0 Å². The summed E-state index contributed by atoms with van der Waals surface area (Å²) < 4.78 is 11.4. The molecule has 1 aromatic rings. The van der Waals surface area contributed by atoms with Crippen molar-refractivity contribution in [1.82, 2.24) is 9.97 Å². The first kappa shape index (κ1) is 13.9. The van der Waals surface area contributed by atoms with Gasteiger partial charge in [0.2, 0.25) is 0 Å². The number of rotatable bonds is 4. The summed E-state index contributed by atoms with van der Waals surface area (Å²) >= 11 is 3.47. The normalized spacial score (nSPS) is 18.8. The van der Waals surface area contributed by atoms with E-state index in [9.17, 15) is 0 Å². The van der Waals surface area contributed by atoms with Gasteiger partial charge in [-0.15, -0.1) is 0 Å². The van der Waals surface area contributed by atoms with Crippen LogP contribution in [0.5, 0.6) is 0 Å². The van der Waals surface area contributed by atoms with Crippen LogP contribution in [0.15, 0.2) is 6.20 Å². The smallest absolute Gasteiger partial charge is 0.160 e. The summed E-state index contributed by atoms with van der Waals surface area (Å²) in [5.74, 6) is 0.799. The van der Waals surface area contributed by atoms with Crippen molar-refractivity contribution in [1.29, 1.82) is 0 Å². The third kappa shape index (κ3) is 2.73. The number of hydrogen-bond acceptors (Lipinski definition) is 4. The summed E-state index contributed by atoms with van der Waals surface area (Å²) in [4.78, 5) is 9.16. The van der Waals surface area contributed by atoms with Crippen LogP contribution in [-0.2, 0) is 20.4 Å². The third-order valence-corrected chi connectivity index (χ3v) is 3.86. The van der Waals surface area contributed by atoms with E-state index in [4.69, 9.17) is 9.47 Å². The molecule has 5 heteroatoms. The molecule has 0 radical (unpaired) electrons. The van der Waals surface area contributed by atoms with Crippen molar-refractivity contribution in [3.63, 3.8) is 0 Å². The zero-order valence-corrected chi connectivity index (χ0v) is 12.5. The molecular weight excluding hydrogens is 296 g/mol. The Morgan fingerprint density at radius 1 is 1.44 bits per heavy atom. The highest BCUT2D eigenvalue weighted by atomic mass is 79.9. The third-order valence-electron chi connectivity index (χ3n) is 3.33. The predicted molar refractivity (Wildman–Crippen MR) is 72.8 cm³/mol. The first-order valence-electron chi connectivity index (χ1n) is 6.32. The van der Waals surface area contributed by atoms with E-state index < -0.39 is 0 Å². The first-order valence-corrected chi connectivity index (χ1v) is 7.44. The molecule has 4 nitrogen and oxygen atoms in total. The molecular formula is C13H19BrN2O2. The molecule has 0 aromatic carbocycles. The van der Waals surface area contributed by atoms with Gasteiger partial charge in [-0.3, -0.25) is 0 Å². The van der Waals surface area contributed by atoms with E-state index in [0.29, 0.717) is 19.8 Å². The van der Waals surface area contributed by atoms with Gasteiger partial charge in [-0.25, -0.2) is 9.97 Å². The highest BCUT2D eigenvalue weighted by Crippen LogP contribution is 2.34. The van der Waals surface area contributed by atoms with Crippen LogP contribution in [0.2, 0.25) is 0 Å². The molecule has 0 unspecified atom stereocenters. The Morgan fingerprint density at radius 3 is 2.78 bits per heavy atom. The number of aryl methyl sites for hydroxylation is 1. The molecule has 1 saturated heterocycles. The lowest BCUT2D eigenvalue weighted by molar-refractivity contribution is -0.117. The SMILES string of the molecule is CCOC1(c2ncc(C)c(CBr)n2)CCOCC1. The fourth-order valence-electron chi connectivity index (χ4n) is 2.24. The van der Waals surface area contributed by atoms with Crippen LogP contribution in [0.3, 0.4) is 0 Å². The summed E-state index contributed by atoms with van der Waals surface area (Å²) in [6.07, 6.45) is 3.53. The van der Waals surface area contributed by atoms with Crippen molar-refractivity contribution in [2.75, 3.05) is 19.8 Å². The highest BCUT2D eigenvalue weighted by Gasteiger charge is 2.38. The molecule has 1 aromatic heterocycles. The number of alkyl halides is 1. The Labute approximate surface area is 116 Å². The molecule has 0 aliphatic carbocycles. The zero-order valence-electron chi connectivity index (χ0n) is 10.9. The minimum atomic E-state index is -0.363. The minimum absolute atomic E-state index is 0.363. The second-order valence-corrected chi connectivity index (χ2v) is 5.06. The van der Waals surface area contributed by atoms with Crippen molar-refractivity contribution in [2.45, 2.75) is 37.6 Å². The molecule has 18 heavy (non-hydrogen) atoms. The van der Waals surface area contributed by atoms with Crippen LogP contribution in [0, 0.1) is 6.92 Å². The van der Waals surface area contributed by atoms with E-state index in [1.165, 1.54) is 0 Å². The van der Waals surface area contributed by atoms with Gasteiger partial charge >= 0.3 is 0 Å². The van der Waals surface area contributed by atoms with Gasteiger partial charge in [0.15, 0.2) is 5.82 Å². The van der Waals surface area contributed by atoms with Gasteiger partial charge in [0.25, 0.3) is 0 Å². The maximum atomic E-state index is 5.98. The van der Waals surface area contributed by atoms with Crippen LogP contribution in [-0.4, -0.2) is 29.8 Å². The summed E-state index contributed by atoms with van der Waals surface area (Å²) in [5, 5.41) is 0.743. The van der Waals surface area contributed by atoms with Gasteiger partial charge in [-0.2, -0.15) is 0 Å². The second kappa shape index (κ2) is 6.08. The Bertz CT molecular complexity index is 400. The molecule has 2 rings (SSSR count). The lowest BCUT2D eigenvalue weighted by Crippen LogP contribution is -2.38. The standard InChI is InChI=1S/C13H19BrN2O2/c1-3-18-13(4-6-17-7-5-13)12-15-9-10(2)11(8-14)16-12/h9H,3-8H2,1-2H3. The van der Waals surface area contributed by atoms with Crippen molar-refractivity contribution >= 4 is 15.9 Å². The maximum absolute atomic E-state index is 5.98. The molecule has 2 heterocycles. The van der Waals surface area contributed by atoms with E-state index in [0.717, 1.165) is 35.3 Å². The molecule has 0 atom stereocenters. The lowest BCUT2D eigenvalue weighted by Gasteiger charge is -2.35. The van der Waals surface area contributed by atoms with E-state index in [2.05, 4.69) is 25.9 Å². The predicted octanol–water partition coefficient (Wildman–Crippen LogP) is 2.72. The monoisotopic (exact) mass is 314 g/mol. The zero-order chi connectivity index (χ0) is 13.0. The second-order valence-electron chi connectivity index (χ2n) is 4.50. The van der Waals surface area contributed by atoms with Gasteiger partial charge < -0.3 is 9.47 Å². The van der Waals surface area contributed by atoms with E-state index in [1.54, 1.807) is 0 Å². The van der Waals surface area contributed by atoms with Crippen molar-refractivity contribution in [3.05, 3.63) is 23.3 Å². The van der Waals surface area contributed by atoms with E-state index >= 15 is 0 Å². The Balaban J connectivity index is 2.35. The Morgan fingerprint density at radius 2 is 2.17 bits per heavy atom. The molecule has 0 spiro atoms. The van der Waals surface area contributed by atoms with Gasteiger partial charge in [0, 0.05) is 44.2 Å². The number of ether oxygens (including phenoxy) is 2. The molecule has 0 amide bonds. The highest BCUT2D eigenvalue weighted by molar-refractivity contribution is 9.08. The van der Waals surface area contributed by atoms with E-state index in [-0.39, 0.29) is 5.60 Å². The summed E-state index contributed by atoms with van der Waals surface area (Å²) in [6.45, 7) is 6.12. The van der Waals surface area contributed by atoms with Gasteiger partial charge in [0.05, 0.1) is 5.69 Å². The molecule has 1 aliphatic rings. The van der Waals surface area contributed by atoms with Gasteiger partial charge in [-0.1, -0.05) is 15.9 Å². The molecule has 0 saturated carbocycles. The Kier molecular flexibility index (Phi) is 4.70. The summed E-state index contributed by atoms with van der Waals surface area (Å²) in [7, 11) is 0. The molecule has 0 bridgehead atoms. The van der Waals surface area contributed by atoms with Crippen LogP contribution >= 0.6 is 15.9 Å². The van der Waals surface area contributed by atoms with Gasteiger partial charge in [-0.05, 0) is 19.4 Å². The molecule has 1 fully saturated rings. The van der Waals surface area contributed by atoms with Crippen molar-refractivity contribution in [3.8, 4) is 0 Å². The fraction of sp³-hybridized carbons (Fsp3) is 0.692. The quantitative estimate of drug-likeness (QED) is 0.802. The average molecular weight is 315 g/mol. The van der Waals surface area contributed by atoms with Crippen molar-refractivity contribution < 1.29 is 9.47 Å². The number of hydrogen-bond donors (Lipinski definition) is 0. The molecule has 100 valence electrons. The number of halogens is 1. The molecule has 0 N–H and O–H groups in total. The lowest BCUT2D eigenvalue weighted by atomic mass is 9.92. The largest absolute Gasteiger partial charge is 0.381 e. The summed E-state index contributed by atoms with van der Waals surface area (Å²) in [5.41, 5.74) is 1.78. The van der Waals surface area contributed by atoms with Crippen LogP contribution in [0.1, 0.15) is 36.8 Å². The van der Waals surface area contributed by atoms with Crippen LogP contribution in [0.25, 0.3) is 0 Å².